The Balaban J connectivity index is 0.000000401. The molecule has 1 saturated carbocycles. The normalized spacial score (nSPS) is 18.0. The SMILES string of the molecule is FC(F)(F)Oc1ccc(CN2CCC3(CC2)CC(c2ccccc2)=NO3)cc1C1CC1.O=C(O)C(F)(F)F.O=C=O. The second kappa shape index (κ2) is 13.2. The van der Waals surface area contributed by atoms with E-state index in [0.29, 0.717) is 12.1 Å². The Morgan fingerprint density at radius 2 is 1.63 bits per heavy atom. The molecule has 14 heteroatoms. The topological polar surface area (TPSA) is 106 Å². The number of carboxylic acid groups (broad SMARTS) is 1. The van der Waals surface area contributed by atoms with Crippen molar-refractivity contribution in [3.8, 4) is 5.75 Å². The second-order valence-corrected chi connectivity index (χ2v) is 9.71. The van der Waals surface area contributed by atoms with E-state index in [0.717, 1.165) is 62.0 Å². The lowest BCUT2D eigenvalue weighted by Gasteiger charge is -2.37. The fourth-order valence-corrected chi connectivity index (χ4v) is 4.58. The first-order valence-corrected chi connectivity index (χ1v) is 12.5. The third-order valence-corrected chi connectivity index (χ3v) is 6.68. The number of aliphatic carboxylic acids is 1. The second-order valence-electron chi connectivity index (χ2n) is 9.71. The van der Waals surface area contributed by atoms with Crippen molar-refractivity contribution in [2.24, 2.45) is 5.16 Å². The molecule has 2 aromatic carbocycles. The number of ether oxygens (including phenoxy) is 1. The van der Waals surface area contributed by atoms with Gasteiger partial charge in [0.25, 0.3) is 0 Å². The summed E-state index contributed by atoms with van der Waals surface area (Å²) in [5.74, 6) is -2.63. The van der Waals surface area contributed by atoms with Gasteiger partial charge >= 0.3 is 24.7 Å². The maximum Gasteiger partial charge on any atom is 0.573 e. The van der Waals surface area contributed by atoms with E-state index in [2.05, 4.69) is 26.9 Å². The molecular formula is C27H26F6N2O6. The molecule has 0 bridgehead atoms. The lowest BCUT2D eigenvalue weighted by Crippen LogP contribution is -2.44. The van der Waals surface area contributed by atoms with Crippen LogP contribution in [0, 0.1) is 0 Å². The van der Waals surface area contributed by atoms with Gasteiger partial charge in [-0.25, -0.2) is 4.79 Å². The number of carbonyl (C=O) groups is 1. The number of hydrogen-bond donors (Lipinski definition) is 1. The van der Waals surface area contributed by atoms with Crippen molar-refractivity contribution >= 4 is 17.8 Å². The lowest BCUT2D eigenvalue weighted by molar-refractivity contribution is -0.274. The van der Waals surface area contributed by atoms with Crippen LogP contribution in [-0.2, 0) is 25.8 Å². The maximum absolute atomic E-state index is 12.7. The molecule has 222 valence electrons. The van der Waals surface area contributed by atoms with Gasteiger partial charge in [0.05, 0.1) is 5.71 Å². The molecule has 1 aliphatic carbocycles. The highest BCUT2D eigenvalue weighted by Gasteiger charge is 2.42. The fourth-order valence-electron chi connectivity index (χ4n) is 4.58. The number of nitrogens with zero attached hydrogens (tertiary/aromatic N) is 2. The summed E-state index contributed by atoms with van der Waals surface area (Å²) in [4.78, 5) is 33.4. The molecule has 2 aliphatic heterocycles. The Labute approximate surface area is 230 Å². The molecule has 8 nitrogen and oxygen atoms in total. The van der Waals surface area contributed by atoms with E-state index in [9.17, 15) is 26.3 Å². The van der Waals surface area contributed by atoms with Gasteiger partial charge in [-0.3, -0.25) is 4.90 Å². The quantitative estimate of drug-likeness (QED) is 0.449. The minimum atomic E-state index is -5.08. The minimum Gasteiger partial charge on any atom is -0.475 e. The summed E-state index contributed by atoms with van der Waals surface area (Å²) in [7, 11) is 0. The molecule has 1 spiro atoms. The number of oxime groups is 1. The zero-order chi connectivity index (χ0) is 30.3. The smallest absolute Gasteiger partial charge is 0.475 e. The molecule has 0 radical (unpaired) electrons. The highest BCUT2D eigenvalue weighted by Crippen LogP contribution is 2.46. The number of piperidine rings is 1. The van der Waals surface area contributed by atoms with Crippen LogP contribution >= 0.6 is 0 Å². The van der Waals surface area contributed by atoms with Crippen LogP contribution in [0.2, 0.25) is 0 Å². The molecule has 2 heterocycles. The molecular weight excluding hydrogens is 562 g/mol. The van der Waals surface area contributed by atoms with Crippen molar-refractivity contribution in [1.29, 1.82) is 0 Å². The number of alkyl halides is 6. The first-order chi connectivity index (χ1) is 19.2. The molecule has 2 fully saturated rings. The summed E-state index contributed by atoms with van der Waals surface area (Å²) in [5, 5.41) is 11.5. The van der Waals surface area contributed by atoms with Crippen LogP contribution in [0.5, 0.6) is 5.75 Å². The average Bonchev–Trinajstić information content (AvgIpc) is 3.67. The van der Waals surface area contributed by atoms with Crippen LogP contribution in [0.4, 0.5) is 26.3 Å². The summed E-state index contributed by atoms with van der Waals surface area (Å²) in [5.41, 5.74) is 3.59. The van der Waals surface area contributed by atoms with Gasteiger partial charge in [-0.15, -0.1) is 13.2 Å². The molecule has 2 aromatic rings. The van der Waals surface area contributed by atoms with Gasteiger partial charge in [0.1, 0.15) is 11.4 Å². The number of hydrogen-bond acceptors (Lipinski definition) is 7. The Morgan fingerprint density at radius 1 is 1.05 bits per heavy atom. The zero-order valence-electron chi connectivity index (χ0n) is 21.5. The summed E-state index contributed by atoms with van der Waals surface area (Å²) >= 11 is 0. The van der Waals surface area contributed by atoms with Crippen LogP contribution in [-0.4, -0.2) is 59.1 Å². The standard InChI is InChI=1S/C24H25F3N2O2.C2HF3O2.CO2/c25-24(26,27)30-22-9-6-17(14-20(22)18-7-8-18)16-29-12-10-23(11-13-29)15-21(28-31-23)19-4-2-1-3-5-19;3-2(4,5)1(6)7;2-1-3/h1-6,9,14,18H,7-8,10-13,15-16H2;(H,6,7);. The fraction of sp³-hybridized carbons (Fsp3) is 0.444. The number of benzene rings is 2. The third kappa shape index (κ3) is 9.61. The maximum atomic E-state index is 12.7. The first-order valence-electron chi connectivity index (χ1n) is 12.5. The van der Waals surface area contributed by atoms with Crippen molar-refractivity contribution in [2.75, 3.05) is 13.1 Å². The van der Waals surface area contributed by atoms with Crippen LogP contribution in [0.15, 0.2) is 53.7 Å². The third-order valence-electron chi connectivity index (χ3n) is 6.68. The molecule has 0 amide bonds. The zero-order valence-corrected chi connectivity index (χ0v) is 21.5. The van der Waals surface area contributed by atoms with Gasteiger partial charge in [-0.2, -0.15) is 22.8 Å². The van der Waals surface area contributed by atoms with Crippen molar-refractivity contribution in [3.63, 3.8) is 0 Å². The predicted octanol–water partition coefficient (Wildman–Crippen LogP) is 5.67. The van der Waals surface area contributed by atoms with Crippen molar-refractivity contribution in [3.05, 3.63) is 65.2 Å². The van der Waals surface area contributed by atoms with Crippen LogP contribution < -0.4 is 4.74 Å². The van der Waals surface area contributed by atoms with Gasteiger partial charge in [0, 0.05) is 38.9 Å². The van der Waals surface area contributed by atoms with Gasteiger partial charge in [-0.1, -0.05) is 47.6 Å². The Bertz CT molecular complexity index is 1250. The first kappa shape index (κ1) is 31.6. The van der Waals surface area contributed by atoms with Gasteiger partial charge in [-0.05, 0) is 41.5 Å². The number of likely N-dealkylation sites (tertiary alicyclic amines) is 1. The molecule has 0 aromatic heterocycles. The summed E-state index contributed by atoms with van der Waals surface area (Å²) in [6.45, 7) is 2.46. The molecule has 1 N–H and O–H groups in total. The van der Waals surface area contributed by atoms with Crippen LogP contribution in [0.1, 0.15) is 54.7 Å². The molecule has 41 heavy (non-hydrogen) atoms. The summed E-state index contributed by atoms with van der Waals surface area (Å²) < 4.78 is 74.1. The monoisotopic (exact) mass is 588 g/mol. The molecule has 1 saturated heterocycles. The van der Waals surface area contributed by atoms with E-state index >= 15 is 0 Å². The van der Waals surface area contributed by atoms with Gasteiger partial charge in [0.2, 0.25) is 0 Å². The number of halogens is 6. The average molecular weight is 589 g/mol. The van der Waals surface area contributed by atoms with E-state index < -0.39 is 18.5 Å². The Hall–Kier alpha value is -3.90. The molecule has 5 rings (SSSR count). The van der Waals surface area contributed by atoms with Gasteiger partial charge in [0.15, 0.2) is 0 Å². The minimum absolute atomic E-state index is 0.0544. The van der Waals surface area contributed by atoms with E-state index in [-0.39, 0.29) is 23.4 Å². The highest BCUT2D eigenvalue weighted by atomic mass is 19.4. The highest BCUT2D eigenvalue weighted by molar-refractivity contribution is 6.01. The summed E-state index contributed by atoms with van der Waals surface area (Å²) in [6, 6.07) is 15.2. The number of rotatable bonds is 5. The molecule has 0 unspecified atom stereocenters. The summed E-state index contributed by atoms with van der Waals surface area (Å²) in [6.07, 6.45) is -5.06. The van der Waals surface area contributed by atoms with E-state index in [1.54, 1.807) is 6.07 Å². The Kier molecular flexibility index (Phi) is 10.2. The lowest BCUT2D eigenvalue weighted by atomic mass is 9.85. The van der Waals surface area contributed by atoms with Crippen molar-refractivity contribution < 1.29 is 55.4 Å². The van der Waals surface area contributed by atoms with Crippen molar-refractivity contribution in [2.45, 2.75) is 62.7 Å². The van der Waals surface area contributed by atoms with Crippen LogP contribution in [0.3, 0.4) is 0 Å². The van der Waals surface area contributed by atoms with Gasteiger partial charge < -0.3 is 14.7 Å². The van der Waals surface area contributed by atoms with E-state index in [1.807, 2.05) is 24.3 Å². The Morgan fingerprint density at radius 3 is 2.15 bits per heavy atom. The largest absolute Gasteiger partial charge is 0.573 e. The predicted molar refractivity (Wildman–Crippen MR) is 130 cm³/mol. The van der Waals surface area contributed by atoms with Crippen molar-refractivity contribution in [1.82, 2.24) is 4.90 Å². The number of carbonyl (C=O) groups excluding carboxylic acids is 2. The van der Waals surface area contributed by atoms with E-state index in [1.165, 1.54) is 6.07 Å². The van der Waals surface area contributed by atoms with Crippen LogP contribution in [0.25, 0.3) is 0 Å². The number of carboxylic acids is 1. The molecule has 3 aliphatic rings. The van der Waals surface area contributed by atoms with E-state index in [4.69, 9.17) is 24.3 Å². The molecule has 0 atom stereocenters.